The number of guanidine groups is 1. The van der Waals surface area contributed by atoms with Crippen LogP contribution < -0.4 is 22.1 Å². The number of pyridine rings is 1. The maximum Gasteiger partial charge on any atom is 0.211 e. The van der Waals surface area contributed by atoms with Gasteiger partial charge in [-0.15, -0.1) is 0 Å². The van der Waals surface area contributed by atoms with Gasteiger partial charge in [-0.05, 0) is 37.6 Å². The molecule has 10 heteroatoms. The van der Waals surface area contributed by atoms with Crippen molar-refractivity contribution in [3.8, 4) is 12.3 Å². The zero-order chi connectivity index (χ0) is 22.7. The number of anilines is 3. The maximum atomic E-state index is 15.1. The van der Waals surface area contributed by atoms with Crippen molar-refractivity contribution in [1.82, 2.24) is 15.2 Å². The number of likely N-dealkylation sites (tertiary alicyclic amines) is 1. The van der Waals surface area contributed by atoms with Crippen LogP contribution in [0.5, 0.6) is 0 Å². The minimum Gasteiger partial charge on any atom is -0.397 e. The molecule has 0 saturated carbocycles. The molecule has 2 aromatic rings. The first kappa shape index (κ1) is 21.3. The van der Waals surface area contributed by atoms with Crippen LogP contribution in [0.25, 0.3) is 0 Å². The Morgan fingerprint density at radius 2 is 1.94 bits per heavy atom. The molecule has 1 aromatic carbocycles. The molecule has 1 fully saturated rings. The minimum atomic E-state index is -0.760. The molecule has 0 radical (unpaired) electrons. The predicted molar refractivity (Wildman–Crippen MR) is 120 cm³/mol. The molecule has 0 spiro atoms. The first-order chi connectivity index (χ1) is 15.5. The molecule has 4 rings (SSSR count). The van der Waals surface area contributed by atoms with Gasteiger partial charge in [-0.25, -0.2) is 14.4 Å². The van der Waals surface area contributed by atoms with E-state index < -0.39 is 6.04 Å². The molecule has 1 saturated heterocycles. The Morgan fingerprint density at radius 1 is 1.19 bits per heavy atom. The molecule has 1 aromatic heterocycles. The molecule has 0 bridgehead atoms. The highest BCUT2D eigenvalue weighted by Crippen LogP contribution is 2.40. The van der Waals surface area contributed by atoms with Crippen LogP contribution in [0.1, 0.15) is 54.0 Å². The van der Waals surface area contributed by atoms with Gasteiger partial charge in [0.1, 0.15) is 35.1 Å². The lowest BCUT2D eigenvalue weighted by atomic mass is 9.94. The zero-order valence-electron chi connectivity index (χ0n) is 17.5. The second kappa shape index (κ2) is 9.08. The van der Waals surface area contributed by atoms with Crippen LogP contribution in [-0.2, 0) is 6.54 Å². The number of aliphatic imine (C=N–C) groups is 1. The van der Waals surface area contributed by atoms with Gasteiger partial charge in [-0.1, -0.05) is 25.0 Å². The topological polar surface area (TPSA) is 152 Å². The number of benzene rings is 1. The number of fused-ring (bicyclic) bond motifs is 1. The highest BCUT2D eigenvalue weighted by atomic mass is 19.1. The molecule has 0 aliphatic carbocycles. The van der Waals surface area contributed by atoms with Gasteiger partial charge in [0.2, 0.25) is 5.96 Å². The van der Waals surface area contributed by atoms with Gasteiger partial charge >= 0.3 is 0 Å². The molecule has 3 heterocycles. The summed E-state index contributed by atoms with van der Waals surface area (Å²) in [6.07, 6.45) is 6.49. The van der Waals surface area contributed by atoms with E-state index in [1.54, 1.807) is 18.3 Å². The molecule has 0 amide bonds. The van der Waals surface area contributed by atoms with Crippen LogP contribution in [0, 0.1) is 28.6 Å². The number of hydrogen-bond donors (Lipinski definition) is 4. The lowest BCUT2D eigenvalue weighted by molar-refractivity contribution is 0.273. The molecule has 1 atom stereocenters. The first-order valence-corrected chi connectivity index (χ1v) is 10.5. The van der Waals surface area contributed by atoms with E-state index in [9.17, 15) is 5.26 Å². The second-order valence-corrected chi connectivity index (χ2v) is 7.94. The Hall–Kier alpha value is -3.89. The highest BCUT2D eigenvalue weighted by molar-refractivity contribution is 5.98. The van der Waals surface area contributed by atoms with Gasteiger partial charge in [0.15, 0.2) is 6.19 Å². The van der Waals surface area contributed by atoms with E-state index >= 15 is 4.39 Å². The summed E-state index contributed by atoms with van der Waals surface area (Å²) in [6, 6.07) is 6.19. The highest BCUT2D eigenvalue weighted by Gasteiger charge is 2.30. The van der Waals surface area contributed by atoms with Crippen molar-refractivity contribution >= 4 is 23.3 Å². The standard InChI is InChI=1S/C22H24FN9/c23-16-9-13(5-6-14(16)11-32-7-3-1-2-4-8-32)19-17-18(26)15(10-24)20(27)30-21(17)31-22(29-19)28-12-25/h5-6,9,19H,1-4,7-8,11H2,(H6,26,27,28,29,30,31). The van der Waals surface area contributed by atoms with Crippen LogP contribution in [0.4, 0.5) is 21.7 Å². The summed E-state index contributed by atoms with van der Waals surface area (Å²) in [7, 11) is 0. The number of aromatic nitrogens is 1. The van der Waals surface area contributed by atoms with Crippen molar-refractivity contribution in [1.29, 1.82) is 10.5 Å². The first-order valence-electron chi connectivity index (χ1n) is 10.5. The third-order valence-corrected chi connectivity index (χ3v) is 5.84. The van der Waals surface area contributed by atoms with Gasteiger partial charge < -0.3 is 16.8 Å². The van der Waals surface area contributed by atoms with Crippen molar-refractivity contribution in [3.05, 3.63) is 46.3 Å². The summed E-state index contributed by atoms with van der Waals surface area (Å²) in [5.74, 6) is 0.0346. The summed E-state index contributed by atoms with van der Waals surface area (Å²) in [5, 5.41) is 23.7. The number of nitrogen functional groups attached to an aromatic ring is 2. The van der Waals surface area contributed by atoms with E-state index in [0.29, 0.717) is 23.2 Å². The van der Waals surface area contributed by atoms with E-state index in [-0.39, 0.29) is 34.7 Å². The normalized spacial score (nSPS) is 18.3. The monoisotopic (exact) mass is 433 g/mol. The lowest BCUT2D eigenvalue weighted by Gasteiger charge is -2.26. The Balaban J connectivity index is 1.71. The van der Waals surface area contributed by atoms with E-state index in [2.05, 4.69) is 25.5 Å². The van der Waals surface area contributed by atoms with Gasteiger partial charge in [0.25, 0.3) is 0 Å². The average molecular weight is 433 g/mol. The quantitative estimate of drug-likeness (QED) is 0.426. The fourth-order valence-electron chi connectivity index (χ4n) is 4.22. The van der Waals surface area contributed by atoms with Crippen LogP contribution >= 0.6 is 0 Å². The lowest BCUT2D eigenvalue weighted by Crippen LogP contribution is -2.32. The van der Waals surface area contributed by atoms with Crippen molar-refractivity contribution < 1.29 is 4.39 Å². The summed E-state index contributed by atoms with van der Waals surface area (Å²) in [5.41, 5.74) is 13.8. The molecule has 164 valence electrons. The Kier molecular flexibility index (Phi) is 6.06. The molecule has 2 aliphatic heterocycles. The fourth-order valence-corrected chi connectivity index (χ4v) is 4.22. The molecule has 6 N–H and O–H groups in total. The molecule has 9 nitrogen and oxygen atoms in total. The molecule has 32 heavy (non-hydrogen) atoms. The van der Waals surface area contributed by atoms with E-state index in [0.717, 1.165) is 25.9 Å². The van der Waals surface area contributed by atoms with Gasteiger partial charge in [-0.2, -0.15) is 10.5 Å². The van der Waals surface area contributed by atoms with E-state index in [4.69, 9.17) is 16.7 Å². The second-order valence-electron chi connectivity index (χ2n) is 7.94. The summed E-state index contributed by atoms with van der Waals surface area (Å²) in [4.78, 5) is 11.0. The minimum absolute atomic E-state index is 0.0350. The third kappa shape index (κ3) is 4.13. The van der Waals surface area contributed by atoms with Crippen molar-refractivity contribution in [2.24, 2.45) is 4.99 Å². The SMILES string of the molecule is N#CNC1=NC(c2ccc(CN3CCCCCC3)c(F)c2)c2c(nc(N)c(C#N)c2N)N1. The zero-order valence-corrected chi connectivity index (χ0v) is 17.5. The summed E-state index contributed by atoms with van der Waals surface area (Å²) < 4.78 is 15.1. The molecular formula is C22H24FN9. The van der Waals surface area contributed by atoms with Crippen molar-refractivity contribution in [2.45, 2.75) is 38.3 Å². The van der Waals surface area contributed by atoms with Crippen molar-refractivity contribution in [2.75, 3.05) is 29.9 Å². The number of nitriles is 2. The Morgan fingerprint density at radius 3 is 2.59 bits per heavy atom. The number of rotatable bonds is 3. The number of halogens is 1. The van der Waals surface area contributed by atoms with Crippen LogP contribution in [-0.4, -0.2) is 28.9 Å². The van der Waals surface area contributed by atoms with Crippen molar-refractivity contribution in [3.63, 3.8) is 0 Å². The maximum absolute atomic E-state index is 15.1. The predicted octanol–water partition coefficient (Wildman–Crippen LogP) is 2.57. The third-order valence-electron chi connectivity index (χ3n) is 5.84. The smallest absolute Gasteiger partial charge is 0.211 e. The number of nitrogens with zero attached hydrogens (tertiary/aromatic N) is 5. The fraction of sp³-hybridized carbons (Fsp3) is 0.364. The number of nitrogens with two attached hydrogens (primary N) is 2. The van der Waals surface area contributed by atoms with Crippen LogP contribution in [0.15, 0.2) is 23.2 Å². The summed E-state index contributed by atoms with van der Waals surface area (Å²) in [6.45, 7) is 2.49. The average Bonchev–Trinajstić information content (AvgIpc) is 3.03. The Bertz CT molecular complexity index is 1140. The summed E-state index contributed by atoms with van der Waals surface area (Å²) >= 11 is 0. The van der Waals surface area contributed by atoms with Gasteiger partial charge in [0, 0.05) is 17.7 Å². The van der Waals surface area contributed by atoms with E-state index in [1.165, 1.54) is 18.9 Å². The van der Waals surface area contributed by atoms with Crippen LogP contribution in [0.3, 0.4) is 0 Å². The molecular weight excluding hydrogens is 409 g/mol. The van der Waals surface area contributed by atoms with E-state index in [1.807, 2.05) is 6.07 Å². The number of hydrogen-bond acceptors (Lipinski definition) is 9. The largest absolute Gasteiger partial charge is 0.397 e. The van der Waals surface area contributed by atoms with Gasteiger partial charge in [0.05, 0.1) is 5.69 Å². The number of nitrogens with one attached hydrogen (secondary N) is 2. The van der Waals surface area contributed by atoms with Gasteiger partial charge in [-0.3, -0.25) is 10.2 Å². The van der Waals surface area contributed by atoms with Crippen LogP contribution in [0.2, 0.25) is 0 Å². The molecule has 2 aliphatic rings. The Labute approximate surface area is 185 Å². The molecule has 1 unspecified atom stereocenters.